The van der Waals surface area contributed by atoms with Gasteiger partial charge in [0.25, 0.3) is 12.3 Å². The molecule has 5 aliphatic heterocycles. The van der Waals surface area contributed by atoms with Crippen molar-refractivity contribution in [3.8, 4) is 0 Å². The number of para-hydroxylation sites is 1. The van der Waals surface area contributed by atoms with Crippen LogP contribution in [0.3, 0.4) is 0 Å². The van der Waals surface area contributed by atoms with E-state index in [4.69, 9.17) is 9.72 Å². The number of anilines is 3. The van der Waals surface area contributed by atoms with E-state index in [0.717, 1.165) is 114 Å². The second-order valence-corrected chi connectivity index (χ2v) is 19.0. The third-order valence-electron chi connectivity index (χ3n) is 14.9. The van der Waals surface area contributed by atoms with E-state index in [2.05, 4.69) is 46.5 Å². The molecule has 1 unspecified atom stereocenters. The van der Waals surface area contributed by atoms with Gasteiger partial charge < -0.3 is 29.7 Å². The Morgan fingerprint density at radius 2 is 1.72 bits per heavy atom. The topological polar surface area (TPSA) is 172 Å². The number of rotatable bonds is 11. The normalized spacial score (nSPS) is 26.6. The highest BCUT2D eigenvalue weighted by atomic mass is 19.3. The first-order chi connectivity index (χ1) is 31.5. The molecule has 3 amide bonds. The number of hydrogen-bond donors (Lipinski definition) is 2. The molecule has 1 aliphatic carbocycles. The Morgan fingerprint density at radius 3 is 2.45 bits per heavy atom. The van der Waals surface area contributed by atoms with Crippen LogP contribution in [-0.2, 0) is 21.4 Å². The third-order valence-corrected chi connectivity index (χ3v) is 14.9. The van der Waals surface area contributed by atoms with Crippen LogP contribution in [0.4, 0.5) is 26.0 Å². The summed E-state index contributed by atoms with van der Waals surface area (Å²) >= 11 is 0. The summed E-state index contributed by atoms with van der Waals surface area (Å²) in [6, 6.07) is 7.27. The lowest BCUT2D eigenvalue weighted by Crippen LogP contribution is -2.49. The molecular weight excluding hydrogens is 841 g/mol. The zero-order chi connectivity index (χ0) is 44.5. The fourth-order valence-corrected chi connectivity index (χ4v) is 11.5. The monoisotopic (exact) mass is 895 g/mol. The van der Waals surface area contributed by atoms with Gasteiger partial charge in [0.15, 0.2) is 11.3 Å². The van der Waals surface area contributed by atoms with Crippen LogP contribution >= 0.6 is 0 Å². The summed E-state index contributed by atoms with van der Waals surface area (Å²) in [5, 5.41) is 13.7. The van der Waals surface area contributed by atoms with Crippen LogP contribution in [0.2, 0.25) is 0 Å². The number of piperidine rings is 1. The Labute approximate surface area is 373 Å². The Kier molecular flexibility index (Phi) is 10.9. The number of morpholine rings is 1. The lowest BCUT2D eigenvalue weighted by Gasteiger charge is -2.39. The molecule has 0 radical (unpaired) electrons. The minimum atomic E-state index is -2.85. The largest absolute Gasteiger partial charge is 0.374 e. The zero-order valence-corrected chi connectivity index (χ0v) is 36.5. The molecule has 4 aromatic heterocycles. The van der Waals surface area contributed by atoms with E-state index in [9.17, 15) is 28.0 Å². The lowest BCUT2D eigenvalue weighted by molar-refractivity contribution is -0.135. The molecule has 2 N–H and O–H groups in total. The minimum absolute atomic E-state index is 0.00542. The summed E-state index contributed by atoms with van der Waals surface area (Å²) in [5.74, 6) is 0.451. The third kappa shape index (κ3) is 7.85. The number of carbonyl (C=O) groups is 3. The number of piperazine rings is 1. The van der Waals surface area contributed by atoms with Gasteiger partial charge in [-0.15, -0.1) is 0 Å². The van der Waals surface area contributed by atoms with E-state index in [-0.39, 0.29) is 47.5 Å². The van der Waals surface area contributed by atoms with Gasteiger partial charge >= 0.3 is 5.69 Å². The molecule has 9 heterocycles. The van der Waals surface area contributed by atoms with Crippen LogP contribution in [0.1, 0.15) is 85.9 Å². The van der Waals surface area contributed by atoms with Crippen molar-refractivity contribution < 1.29 is 27.9 Å². The number of aryl methyl sites for hydroxylation is 1. The van der Waals surface area contributed by atoms with Crippen LogP contribution in [0, 0.1) is 11.8 Å². The van der Waals surface area contributed by atoms with Crippen molar-refractivity contribution in [1.82, 2.24) is 48.6 Å². The van der Waals surface area contributed by atoms with Gasteiger partial charge in [-0.25, -0.2) is 23.1 Å². The van der Waals surface area contributed by atoms with E-state index in [1.165, 1.54) is 10.7 Å². The lowest BCUT2D eigenvalue weighted by atomic mass is 9.85. The first kappa shape index (κ1) is 41.9. The summed E-state index contributed by atoms with van der Waals surface area (Å²) in [7, 11) is 1.76. The SMILES string of the molecule is Cn1c(=O)n(C2CCC(=O)NC2=O)c2cccc(N3CC[C@@H](CN4CCN(C[C@H]5CC[C@H](n6cc(NC(=O)c7cnn8ccc(N9C[C@H]%10C[C@@H]9CO%10)nc78)c(C(F)F)n6)CC5)CC4)C3)c21. The summed E-state index contributed by atoms with van der Waals surface area (Å²) < 4.78 is 40.8. The molecular formula is C45H55F2N13O5. The molecule has 2 bridgehead atoms. The second kappa shape index (κ2) is 16.9. The van der Waals surface area contributed by atoms with Gasteiger partial charge in [0.05, 0.1) is 53.4 Å². The first-order valence-corrected chi connectivity index (χ1v) is 23.2. The smallest absolute Gasteiger partial charge is 0.329 e. The van der Waals surface area contributed by atoms with Crippen molar-refractivity contribution in [3.05, 3.63) is 64.6 Å². The average Bonchev–Trinajstić information content (AvgIpc) is 4.18. The van der Waals surface area contributed by atoms with E-state index in [1.807, 2.05) is 18.2 Å². The number of nitrogens with zero attached hydrogens (tertiary/aromatic N) is 11. The average molecular weight is 896 g/mol. The molecule has 4 atom stereocenters. The highest BCUT2D eigenvalue weighted by Gasteiger charge is 2.40. The van der Waals surface area contributed by atoms with Crippen LogP contribution in [-0.4, -0.2) is 139 Å². The van der Waals surface area contributed by atoms with Gasteiger partial charge in [-0.2, -0.15) is 10.2 Å². The molecule has 0 spiro atoms. The fourth-order valence-electron chi connectivity index (χ4n) is 11.5. The Morgan fingerprint density at radius 1 is 0.938 bits per heavy atom. The summed E-state index contributed by atoms with van der Waals surface area (Å²) in [6.07, 6.45) is 8.19. The van der Waals surface area contributed by atoms with Crippen molar-refractivity contribution in [3.63, 3.8) is 0 Å². The minimum Gasteiger partial charge on any atom is -0.374 e. The summed E-state index contributed by atoms with van der Waals surface area (Å²) in [5.41, 5.74) is 2.40. The van der Waals surface area contributed by atoms with Crippen molar-refractivity contribution in [1.29, 1.82) is 0 Å². The van der Waals surface area contributed by atoms with Crippen LogP contribution in [0.15, 0.2) is 47.7 Å². The number of aromatic nitrogens is 7. The van der Waals surface area contributed by atoms with Crippen LogP contribution in [0.5, 0.6) is 0 Å². The molecule has 5 aromatic rings. The Bertz CT molecular complexity index is 2700. The van der Waals surface area contributed by atoms with E-state index in [1.54, 1.807) is 33.3 Å². The standard InChI is InChI=1S/C45H55F2N13O5/c1-53-40-34(3-2-4-35(40)60(45(53)64)36-9-10-38(61)51-44(36)63)56-13-11-28(23-56)22-55-17-15-54(16-18-55)21-27-5-7-29(8-6-27)59-25-33(39(52-59)41(46)47)49-43(62)32-20-48-58-14-12-37(50-42(32)58)57-24-31-19-30(57)26-65-31/h2-4,12,14,20,25,27-31,36,41H,5-11,13,15-19,21-24,26H2,1H3,(H,49,62)(H,51,61,63)/t27-,28-,29-,30+,31+,36?/m0/s1. The Balaban J connectivity index is 0.660. The maximum Gasteiger partial charge on any atom is 0.329 e. The number of carbonyl (C=O) groups excluding carboxylic acids is 3. The number of hydrogen-bond acceptors (Lipinski definition) is 12. The summed E-state index contributed by atoms with van der Waals surface area (Å²) in [4.78, 5) is 66.1. The first-order valence-electron chi connectivity index (χ1n) is 23.2. The van der Waals surface area contributed by atoms with E-state index in [0.29, 0.717) is 36.0 Å². The van der Waals surface area contributed by atoms with Gasteiger partial charge in [0, 0.05) is 84.8 Å². The van der Waals surface area contributed by atoms with Crippen molar-refractivity contribution >= 4 is 51.6 Å². The zero-order valence-electron chi connectivity index (χ0n) is 36.5. The number of nitrogens with one attached hydrogen (secondary N) is 2. The molecule has 1 aromatic carbocycles. The number of amides is 3. The molecule has 5 saturated heterocycles. The van der Waals surface area contributed by atoms with Gasteiger partial charge in [-0.3, -0.25) is 33.5 Å². The van der Waals surface area contributed by atoms with Crippen LogP contribution < -0.4 is 26.1 Å². The number of imide groups is 1. The van der Waals surface area contributed by atoms with Crippen molar-refractivity contribution in [2.24, 2.45) is 18.9 Å². The number of imidazole rings is 1. The maximum absolute atomic E-state index is 14.3. The molecule has 6 fully saturated rings. The predicted molar refractivity (Wildman–Crippen MR) is 236 cm³/mol. The fraction of sp³-hybridized carbons (Fsp3) is 0.578. The van der Waals surface area contributed by atoms with Gasteiger partial charge in [0.2, 0.25) is 11.8 Å². The molecule has 20 heteroatoms. The van der Waals surface area contributed by atoms with Gasteiger partial charge in [0.1, 0.15) is 17.4 Å². The maximum atomic E-state index is 14.3. The van der Waals surface area contributed by atoms with Gasteiger partial charge in [-0.05, 0) is 75.0 Å². The predicted octanol–water partition coefficient (Wildman–Crippen LogP) is 3.60. The summed E-state index contributed by atoms with van der Waals surface area (Å²) in [6.45, 7) is 9.21. The highest BCUT2D eigenvalue weighted by Crippen LogP contribution is 2.37. The Hall–Kier alpha value is -5.73. The quantitative estimate of drug-likeness (QED) is 0.185. The van der Waals surface area contributed by atoms with Crippen molar-refractivity contribution in [2.75, 3.05) is 80.6 Å². The number of ether oxygens (including phenoxy) is 1. The number of alkyl halides is 2. The second-order valence-electron chi connectivity index (χ2n) is 19.0. The molecule has 65 heavy (non-hydrogen) atoms. The number of halogens is 2. The van der Waals surface area contributed by atoms with Crippen LogP contribution in [0.25, 0.3) is 16.7 Å². The molecule has 1 saturated carbocycles. The molecule has 6 aliphatic rings. The number of benzene rings is 1. The number of fused-ring (bicyclic) bond motifs is 4. The van der Waals surface area contributed by atoms with Crippen molar-refractivity contribution in [2.45, 2.75) is 82.0 Å². The van der Waals surface area contributed by atoms with E-state index >= 15 is 0 Å². The molecule has 18 nitrogen and oxygen atoms in total. The molecule has 344 valence electrons. The molecule has 11 rings (SSSR count). The van der Waals surface area contributed by atoms with E-state index < -0.39 is 30.0 Å². The van der Waals surface area contributed by atoms with Gasteiger partial charge in [-0.1, -0.05) is 6.07 Å². The highest BCUT2D eigenvalue weighted by molar-refractivity contribution is 6.08.